The molecule has 0 spiro atoms. The quantitative estimate of drug-likeness (QED) is 0.316. The van der Waals surface area contributed by atoms with Crippen LogP contribution >= 0.6 is 9.39 Å². The standard InChI is InChI=1S/C2H7N.B.H4NP/c1-2-3;;1-2/h2-3H2,1H3;;1-2H2. The first-order valence-corrected chi connectivity index (χ1v) is 2.12. The van der Waals surface area contributed by atoms with Crippen molar-refractivity contribution in [1.82, 2.24) is 0 Å². The Bertz CT molecular complexity index is 11.5. The molecule has 0 heterocycles. The van der Waals surface area contributed by atoms with E-state index < -0.39 is 0 Å². The van der Waals surface area contributed by atoms with E-state index in [4.69, 9.17) is 5.73 Å². The van der Waals surface area contributed by atoms with Gasteiger partial charge in [-0.1, -0.05) is 16.3 Å². The van der Waals surface area contributed by atoms with E-state index in [0.717, 1.165) is 6.54 Å². The van der Waals surface area contributed by atoms with Gasteiger partial charge in [-0.3, -0.25) is 0 Å². The van der Waals surface area contributed by atoms with Crippen LogP contribution in [0.3, 0.4) is 0 Å². The summed E-state index contributed by atoms with van der Waals surface area (Å²) in [6.45, 7) is 2.65. The minimum atomic E-state index is 0. The second kappa shape index (κ2) is 52.7. The maximum absolute atomic E-state index is 4.85. The van der Waals surface area contributed by atoms with Gasteiger partial charge in [-0.15, -0.1) is 0 Å². The predicted octanol–water partition coefficient (Wildman–Crippen LogP) is -0.681. The zero-order valence-electron chi connectivity index (χ0n) is 4.02. The van der Waals surface area contributed by atoms with Crippen LogP contribution in [0.15, 0.2) is 0 Å². The second-order valence-electron chi connectivity index (χ2n) is 0.408. The van der Waals surface area contributed by atoms with E-state index in [-0.39, 0.29) is 8.41 Å². The van der Waals surface area contributed by atoms with Gasteiger partial charge in [0, 0.05) is 8.41 Å². The van der Waals surface area contributed by atoms with E-state index in [1.807, 2.05) is 16.3 Å². The fourth-order valence-corrected chi connectivity index (χ4v) is 0. The first-order chi connectivity index (χ1) is 2.41. The highest BCUT2D eigenvalue weighted by Gasteiger charge is 1.32. The molecule has 3 radical (unpaired) electrons. The van der Waals surface area contributed by atoms with Gasteiger partial charge < -0.3 is 11.2 Å². The molecule has 0 aromatic heterocycles. The van der Waals surface area contributed by atoms with Gasteiger partial charge in [0.2, 0.25) is 0 Å². The van der Waals surface area contributed by atoms with Crippen molar-refractivity contribution in [3.63, 3.8) is 0 Å². The molecule has 0 amide bonds. The molecule has 4 N–H and O–H groups in total. The maximum atomic E-state index is 4.85. The van der Waals surface area contributed by atoms with Crippen LogP contribution in [0.25, 0.3) is 0 Å². The summed E-state index contributed by atoms with van der Waals surface area (Å²) in [5, 5.41) is 0. The smallest absolute Gasteiger partial charge is 0 e. The fraction of sp³-hybridized carbons (Fsp3) is 1.00. The minimum absolute atomic E-state index is 0. The lowest BCUT2D eigenvalue weighted by molar-refractivity contribution is 1.14. The predicted molar refractivity (Wildman–Crippen MR) is 34.4 cm³/mol. The molecule has 0 aliphatic carbocycles. The largest absolute Gasteiger partial charge is 0.331 e. The van der Waals surface area contributed by atoms with Crippen LogP contribution in [0.5, 0.6) is 0 Å². The normalized spacial score (nSPS) is 4.00. The molecule has 0 aliphatic rings. The maximum Gasteiger partial charge on any atom is 0 e. The SMILES string of the molecule is CCN.NP.[B]. The highest BCUT2D eigenvalue weighted by Crippen LogP contribution is 1.29. The molecule has 6 heavy (non-hydrogen) atoms. The lowest BCUT2D eigenvalue weighted by Gasteiger charge is -1.53. The first-order valence-electron chi connectivity index (χ1n) is 1.45. The molecule has 37 valence electrons. The van der Waals surface area contributed by atoms with Crippen LogP contribution < -0.4 is 11.2 Å². The van der Waals surface area contributed by atoms with Crippen molar-refractivity contribution in [3.05, 3.63) is 0 Å². The second-order valence-corrected chi connectivity index (χ2v) is 0.408. The van der Waals surface area contributed by atoms with Gasteiger partial charge in [0.15, 0.2) is 0 Å². The van der Waals surface area contributed by atoms with Crippen LogP contribution in [0.1, 0.15) is 6.92 Å². The highest BCUT2D eigenvalue weighted by atomic mass is 31.0. The van der Waals surface area contributed by atoms with Gasteiger partial charge in [0.05, 0.1) is 0 Å². The molecule has 0 saturated carbocycles. The number of rotatable bonds is 0. The summed E-state index contributed by atoms with van der Waals surface area (Å²) in [6.07, 6.45) is 0. The van der Waals surface area contributed by atoms with E-state index in [1.165, 1.54) is 0 Å². The topological polar surface area (TPSA) is 52.0 Å². The summed E-state index contributed by atoms with van der Waals surface area (Å²) in [6, 6.07) is 0. The fourth-order valence-electron chi connectivity index (χ4n) is 0. The van der Waals surface area contributed by atoms with Gasteiger partial charge >= 0.3 is 0 Å². The monoisotopic (exact) mass is 105 g/mol. The Morgan fingerprint density at radius 1 is 1.50 bits per heavy atom. The van der Waals surface area contributed by atoms with Crippen molar-refractivity contribution >= 4 is 17.8 Å². The van der Waals surface area contributed by atoms with Crippen molar-refractivity contribution in [2.75, 3.05) is 6.54 Å². The summed E-state index contributed by atoms with van der Waals surface area (Å²) in [5.41, 5.74) is 9.26. The van der Waals surface area contributed by atoms with Gasteiger partial charge in [0.25, 0.3) is 0 Å². The Kier molecular flexibility index (Phi) is 142. The van der Waals surface area contributed by atoms with E-state index in [9.17, 15) is 0 Å². The Hall–Kier alpha value is 0.415. The van der Waals surface area contributed by atoms with Crippen molar-refractivity contribution < 1.29 is 0 Å². The molecular formula is C2H11BN2P. The summed E-state index contributed by atoms with van der Waals surface area (Å²) in [5.74, 6) is 0. The third-order valence-corrected chi connectivity index (χ3v) is 0. The van der Waals surface area contributed by atoms with Gasteiger partial charge in [-0.2, -0.15) is 0 Å². The van der Waals surface area contributed by atoms with Gasteiger partial charge in [-0.25, -0.2) is 0 Å². The summed E-state index contributed by atoms with van der Waals surface area (Å²) in [7, 11) is 1.92. The van der Waals surface area contributed by atoms with E-state index in [2.05, 4.69) is 5.50 Å². The van der Waals surface area contributed by atoms with E-state index >= 15 is 0 Å². The third-order valence-electron chi connectivity index (χ3n) is 0. The number of nitrogens with two attached hydrogens (primary N) is 2. The zero-order chi connectivity index (χ0) is 4.71. The van der Waals surface area contributed by atoms with Gasteiger partial charge in [0.1, 0.15) is 0 Å². The molecule has 2 nitrogen and oxygen atoms in total. The van der Waals surface area contributed by atoms with Crippen molar-refractivity contribution in [1.29, 1.82) is 0 Å². The van der Waals surface area contributed by atoms with Gasteiger partial charge in [-0.05, 0) is 6.54 Å². The molecule has 0 aromatic carbocycles. The average molecular weight is 105 g/mol. The Labute approximate surface area is 43.5 Å². The van der Waals surface area contributed by atoms with Crippen LogP contribution in [-0.2, 0) is 0 Å². The molecule has 0 aromatic rings. The average Bonchev–Trinajstić information content (AvgIpc) is 1.46. The Balaban J connectivity index is -0.0000000275. The summed E-state index contributed by atoms with van der Waals surface area (Å²) >= 11 is 0. The molecule has 0 aliphatic heterocycles. The van der Waals surface area contributed by atoms with Crippen LogP contribution in [0.2, 0.25) is 0 Å². The Morgan fingerprint density at radius 2 is 1.50 bits per heavy atom. The third kappa shape index (κ3) is 299. The molecule has 0 bridgehead atoms. The van der Waals surface area contributed by atoms with Crippen molar-refractivity contribution in [2.24, 2.45) is 11.2 Å². The Morgan fingerprint density at radius 3 is 1.50 bits per heavy atom. The highest BCUT2D eigenvalue weighted by molar-refractivity contribution is 7.13. The van der Waals surface area contributed by atoms with Crippen LogP contribution in [0.4, 0.5) is 0 Å². The molecule has 0 rings (SSSR count). The molecule has 0 fully saturated rings. The molecule has 4 heteroatoms. The lowest BCUT2D eigenvalue weighted by Crippen LogP contribution is -1.87. The number of hydrogen-bond donors (Lipinski definition) is 2. The molecule has 1 atom stereocenters. The van der Waals surface area contributed by atoms with Crippen molar-refractivity contribution in [2.45, 2.75) is 6.92 Å². The van der Waals surface area contributed by atoms with Crippen molar-refractivity contribution in [3.8, 4) is 0 Å². The van der Waals surface area contributed by atoms with Crippen LogP contribution in [-0.4, -0.2) is 15.0 Å². The zero-order valence-corrected chi connectivity index (χ0v) is 5.17. The lowest BCUT2D eigenvalue weighted by atomic mass is 10.8. The first kappa shape index (κ1) is 16.1. The summed E-state index contributed by atoms with van der Waals surface area (Å²) in [4.78, 5) is 0. The van der Waals surface area contributed by atoms with Crippen LogP contribution in [0, 0.1) is 0 Å². The molecular weight excluding hydrogens is 93.8 g/mol. The minimum Gasteiger partial charge on any atom is -0.331 e. The summed E-state index contributed by atoms with van der Waals surface area (Å²) < 4.78 is 0. The van der Waals surface area contributed by atoms with E-state index in [1.54, 1.807) is 0 Å². The molecule has 1 unspecified atom stereocenters. The number of hydrogen-bond acceptors (Lipinski definition) is 2. The molecule has 0 saturated heterocycles. The van der Waals surface area contributed by atoms with E-state index in [0.29, 0.717) is 0 Å².